The molecule has 2 aromatic carbocycles. The fraction of sp³-hybridized carbons (Fsp3) is 0.143. The molecule has 0 N–H and O–H groups in total. The molecule has 0 atom stereocenters. The lowest BCUT2D eigenvalue weighted by molar-refractivity contribution is -0.384. The minimum absolute atomic E-state index is 0.0866. The molecule has 4 rings (SSSR count). The van der Waals surface area contributed by atoms with Gasteiger partial charge in [-0.25, -0.2) is 19.2 Å². The number of benzene rings is 2. The van der Waals surface area contributed by atoms with E-state index in [-0.39, 0.29) is 28.4 Å². The van der Waals surface area contributed by atoms with Crippen LogP contribution < -0.4 is 11.2 Å². The van der Waals surface area contributed by atoms with E-state index >= 15 is 0 Å². The monoisotopic (exact) mass is 453 g/mol. The summed E-state index contributed by atoms with van der Waals surface area (Å²) in [5.41, 5.74) is 0.148. The second-order valence-corrected chi connectivity index (χ2v) is 7.94. The zero-order valence-electron chi connectivity index (χ0n) is 17.0. The Morgan fingerprint density at radius 1 is 1.06 bits per heavy atom. The average molecular weight is 453 g/mol. The number of nitro benzene ring substituents is 1. The van der Waals surface area contributed by atoms with E-state index in [1.807, 2.05) is 0 Å². The molecule has 9 nitrogen and oxygen atoms in total. The molecule has 0 unspecified atom stereocenters. The SMILES string of the molecule is Cn1c(=O)c2c(SCc3cccc(F)c3)nc(-c3ccc([N+](=O)[O-])cc3)nc2n(C)c1=O. The molecule has 0 aliphatic carbocycles. The number of nitro groups is 1. The third-order valence-electron chi connectivity index (χ3n) is 4.87. The summed E-state index contributed by atoms with van der Waals surface area (Å²) >= 11 is 1.21. The predicted octanol–water partition coefficient (Wildman–Crippen LogP) is 3.03. The Balaban J connectivity index is 1.90. The van der Waals surface area contributed by atoms with Crippen molar-refractivity contribution in [1.82, 2.24) is 19.1 Å². The molecule has 0 amide bonds. The molecule has 0 aliphatic rings. The molecule has 2 aromatic heterocycles. The van der Waals surface area contributed by atoms with E-state index in [1.54, 1.807) is 12.1 Å². The minimum Gasteiger partial charge on any atom is -0.280 e. The van der Waals surface area contributed by atoms with Crippen molar-refractivity contribution >= 4 is 28.5 Å². The summed E-state index contributed by atoms with van der Waals surface area (Å²) in [5.74, 6) is 0.160. The van der Waals surface area contributed by atoms with E-state index in [2.05, 4.69) is 9.97 Å². The number of aryl methyl sites for hydroxylation is 1. The van der Waals surface area contributed by atoms with Gasteiger partial charge in [-0.3, -0.25) is 24.0 Å². The lowest BCUT2D eigenvalue weighted by Gasteiger charge is -2.12. The van der Waals surface area contributed by atoms with Gasteiger partial charge in [-0.05, 0) is 29.8 Å². The molecule has 0 fully saturated rings. The molecular formula is C21H16FN5O4S. The normalized spacial score (nSPS) is 11.1. The van der Waals surface area contributed by atoms with Crippen molar-refractivity contribution in [2.45, 2.75) is 10.8 Å². The van der Waals surface area contributed by atoms with Gasteiger partial charge >= 0.3 is 5.69 Å². The van der Waals surface area contributed by atoms with Crippen LogP contribution >= 0.6 is 11.8 Å². The highest BCUT2D eigenvalue weighted by Crippen LogP contribution is 2.29. The van der Waals surface area contributed by atoms with Crippen LogP contribution in [0.2, 0.25) is 0 Å². The summed E-state index contributed by atoms with van der Waals surface area (Å²) in [4.78, 5) is 44.7. The van der Waals surface area contributed by atoms with Gasteiger partial charge in [0.15, 0.2) is 11.5 Å². The standard InChI is InChI=1S/C21H16FN5O4S/c1-25-18-16(20(28)26(2)21(25)29)19(32-11-12-4-3-5-14(22)10-12)24-17(23-18)13-6-8-15(9-7-13)27(30)31/h3-10H,11H2,1-2H3. The summed E-state index contributed by atoms with van der Waals surface area (Å²) in [5, 5.41) is 11.4. The van der Waals surface area contributed by atoms with Crippen molar-refractivity contribution < 1.29 is 9.31 Å². The van der Waals surface area contributed by atoms with Gasteiger partial charge in [0.2, 0.25) is 0 Å². The lowest BCUT2D eigenvalue weighted by atomic mass is 10.2. The highest BCUT2D eigenvalue weighted by molar-refractivity contribution is 7.98. The van der Waals surface area contributed by atoms with Crippen molar-refractivity contribution in [3.63, 3.8) is 0 Å². The fourth-order valence-electron chi connectivity index (χ4n) is 3.17. The van der Waals surface area contributed by atoms with Gasteiger partial charge in [0, 0.05) is 37.5 Å². The molecule has 0 saturated heterocycles. The van der Waals surface area contributed by atoms with Crippen molar-refractivity contribution in [1.29, 1.82) is 0 Å². The second-order valence-electron chi connectivity index (χ2n) is 6.98. The predicted molar refractivity (Wildman–Crippen MR) is 118 cm³/mol. The Kier molecular flexibility index (Phi) is 5.57. The lowest BCUT2D eigenvalue weighted by Crippen LogP contribution is -2.37. The number of halogens is 1. The second kappa shape index (κ2) is 8.35. The highest BCUT2D eigenvalue weighted by Gasteiger charge is 2.19. The van der Waals surface area contributed by atoms with Crippen LogP contribution in [0.3, 0.4) is 0 Å². The third-order valence-corrected chi connectivity index (χ3v) is 5.91. The number of aromatic nitrogens is 4. The van der Waals surface area contributed by atoms with E-state index in [4.69, 9.17) is 0 Å². The zero-order chi connectivity index (χ0) is 23.0. The quantitative estimate of drug-likeness (QED) is 0.198. The van der Waals surface area contributed by atoms with Gasteiger partial charge in [0.1, 0.15) is 16.2 Å². The van der Waals surface area contributed by atoms with E-state index in [9.17, 15) is 24.1 Å². The number of fused-ring (bicyclic) bond motifs is 1. The summed E-state index contributed by atoms with van der Waals surface area (Å²) in [7, 11) is 2.87. The Morgan fingerprint density at radius 2 is 1.78 bits per heavy atom. The molecule has 162 valence electrons. The molecule has 0 bridgehead atoms. The van der Waals surface area contributed by atoms with Crippen LogP contribution in [0.4, 0.5) is 10.1 Å². The summed E-state index contributed by atoms with van der Waals surface area (Å²) in [6.45, 7) is 0. The van der Waals surface area contributed by atoms with E-state index in [0.717, 1.165) is 4.57 Å². The summed E-state index contributed by atoms with van der Waals surface area (Å²) in [6.07, 6.45) is 0. The number of non-ortho nitro benzene ring substituents is 1. The number of rotatable bonds is 5. The molecule has 4 aromatic rings. The fourth-order valence-corrected chi connectivity index (χ4v) is 4.13. The number of nitrogens with zero attached hydrogens (tertiary/aromatic N) is 5. The Hall–Kier alpha value is -3.86. The highest BCUT2D eigenvalue weighted by atomic mass is 32.2. The van der Waals surface area contributed by atoms with Crippen LogP contribution in [0.1, 0.15) is 5.56 Å². The minimum atomic E-state index is -0.545. The Bertz CT molecular complexity index is 1480. The van der Waals surface area contributed by atoms with Crippen molar-refractivity contribution in [2.75, 3.05) is 0 Å². The molecule has 0 radical (unpaired) electrons. The summed E-state index contributed by atoms with van der Waals surface area (Å²) < 4.78 is 15.8. The topological polar surface area (TPSA) is 113 Å². The molecule has 32 heavy (non-hydrogen) atoms. The maximum absolute atomic E-state index is 13.6. The van der Waals surface area contributed by atoms with Crippen LogP contribution in [-0.2, 0) is 19.8 Å². The molecular weight excluding hydrogens is 437 g/mol. The molecule has 11 heteroatoms. The van der Waals surface area contributed by atoms with Crippen molar-refractivity contribution in [3.05, 3.63) is 90.9 Å². The van der Waals surface area contributed by atoms with Crippen LogP contribution in [-0.4, -0.2) is 24.0 Å². The zero-order valence-corrected chi connectivity index (χ0v) is 17.8. The van der Waals surface area contributed by atoms with Crippen molar-refractivity contribution in [3.8, 4) is 11.4 Å². The maximum Gasteiger partial charge on any atom is 0.332 e. The molecule has 0 spiro atoms. The molecule has 0 aliphatic heterocycles. The van der Waals surface area contributed by atoms with E-state index in [1.165, 1.54) is 66.8 Å². The molecule has 2 heterocycles. The third kappa shape index (κ3) is 3.89. The first-order valence-corrected chi connectivity index (χ1v) is 10.3. The van der Waals surface area contributed by atoms with Crippen LogP contribution in [0.5, 0.6) is 0 Å². The van der Waals surface area contributed by atoms with Gasteiger partial charge in [0.05, 0.1) is 4.92 Å². The van der Waals surface area contributed by atoms with Crippen LogP contribution in [0, 0.1) is 15.9 Å². The Labute approximate surface area is 184 Å². The van der Waals surface area contributed by atoms with Gasteiger partial charge in [-0.2, -0.15) is 0 Å². The smallest absolute Gasteiger partial charge is 0.280 e. The first-order chi connectivity index (χ1) is 15.3. The van der Waals surface area contributed by atoms with Gasteiger partial charge in [0.25, 0.3) is 11.2 Å². The number of hydrogen-bond acceptors (Lipinski definition) is 7. The van der Waals surface area contributed by atoms with E-state index in [0.29, 0.717) is 21.9 Å². The van der Waals surface area contributed by atoms with E-state index < -0.39 is 16.2 Å². The maximum atomic E-state index is 13.6. The van der Waals surface area contributed by atoms with Crippen LogP contribution in [0.25, 0.3) is 22.4 Å². The first-order valence-electron chi connectivity index (χ1n) is 9.36. The van der Waals surface area contributed by atoms with Gasteiger partial charge < -0.3 is 0 Å². The average Bonchev–Trinajstić information content (AvgIpc) is 2.79. The first kappa shape index (κ1) is 21.4. The summed E-state index contributed by atoms with van der Waals surface area (Å²) in [6, 6.07) is 11.7. The number of thioether (sulfide) groups is 1. The largest absolute Gasteiger partial charge is 0.332 e. The molecule has 0 saturated carbocycles. The Morgan fingerprint density at radius 3 is 2.44 bits per heavy atom. The van der Waals surface area contributed by atoms with Gasteiger partial charge in [-0.15, -0.1) is 11.8 Å². The number of hydrogen-bond donors (Lipinski definition) is 0. The van der Waals surface area contributed by atoms with Crippen molar-refractivity contribution in [2.24, 2.45) is 14.1 Å². The van der Waals surface area contributed by atoms with Crippen LogP contribution in [0.15, 0.2) is 63.1 Å². The van der Waals surface area contributed by atoms with Gasteiger partial charge in [-0.1, -0.05) is 12.1 Å².